The summed E-state index contributed by atoms with van der Waals surface area (Å²) >= 11 is 0. The molecule has 1 fully saturated rings. The maximum Gasteiger partial charge on any atom is 0.516 e. The Hall–Kier alpha value is -3.24. The van der Waals surface area contributed by atoms with Crippen LogP contribution in [0.4, 0.5) is 5.82 Å². The number of ether oxygens (including phenoxy) is 1. The predicted octanol–water partition coefficient (Wildman–Crippen LogP) is 3.00. The van der Waals surface area contributed by atoms with Crippen molar-refractivity contribution in [1.82, 2.24) is 15.1 Å². The predicted molar refractivity (Wildman–Crippen MR) is 119 cm³/mol. The number of benzene rings is 1. The van der Waals surface area contributed by atoms with Gasteiger partial charge in [-0.3, -0.25) is 4.79 Å². The van der Waals surface area contributed by atoms with Gasteiger partial charge in [-0.25, -0.2) is 9.97 Å². The minimum Gasteiger partial charge on any atom is -0.478 e. The summed E-state index contributed by atoms with van der Waals surface area (Å²) < 4.78 is 22.7. The summed E-state index contributed by atoms with van der Waals surface area (Å²) in [5.74, 6) is 0.263. The van der Waals surface area contributed by atoms with Gasteiger partial charge in [0.05, 0.1) is 23.9 Å². The van der Waals surface area contributed by atoms with Gasteiger partial charge in [-0.05, 0) is 34.6 Å². The van der Waals surface area contributed by atoms with Crippen LogP contribution >= 0.6 is 0 Å². The summed E-state index contributed by atoms with van der Waals surface area (Å²) in [5, 5.41) is 6.79. The van der Waals surface area contributed by atoms with Crippen LogP contribution in [0.3, 0.4) is 0 Å². The second kappa shape index (κ2) is 8.03. The molecule has 0 radical (unpaired) electrons. The third-order valence-corrected chi connectivity index (χ3v) is 5.82. The highest BCUT2D eigenvalue weighted by Gasteiger charge is 2.52. The fraction of sp³-hybridized carbons (Fsp3) is 0.364. The molecule has 10 heteroatoms. The van der Waals surface area contributed by atoms with E-state index in [9.17, 15) is 4.79 Å². The lowest BCUT2D eigenvalue weighted by atomic mass is 9.85. The number of hydrogen-bond donors (Lipinski definition) is 1. The molecule has 0 aliphatic carbocycles. The van der Waals surface area contributed by atoms with Gasteiger partial charge in [0.2, 0.25) is 0 Å². The molecule has 1 aliphatic rings. The molecular weight excluding hydrogens is 411 g/mol. The van der Waals surface area contributed by atoms with Crippen molar-refractivity contribution >= 4 is 24.4 Å². The SMILES string of the molecule is COc1nc(B2OC(C)(C)C(C)(C)O2)cnc1NC(=O)c1c(-c2ccccc2)noc1C. The molecule has 0 bridgehead atoms. The van der Waals surface area contributed by atoms with Crippen molar-refractivity contribution in [2.24, 2.45) is 0 Å². The Morgan fingerprint density at radius 2 is 1.75 bits per heavy atom. The molecular formula is C22H25BN4O5. The lowest BCUT2D eigenvalue weighted by Crippen LogP contribution is -2.41. The van der Waals surface area contributed by atoms with Gasteiger partial charge in [-0.2, -0.15) is 0 Å². The van der Waals surface area contributed by atoms with Gasteiger partial charge in [0, 0.05) is 11.8 Å². The molecule has 0 saturated carbocycles. The zero-order chi connectivity index (χ0) is 23.1. The van der Waals surface area contributed by atoms with Gasteiger partial charge in [0.15, 0.2) is 5.82 Å². The molecule has 4 rings (SSSR count). The summed E-state index contributed by atoms with van der Waals surface area (Å²) in [6.07, 6.45) is 1.50. The summed E-state index contributed by atoms with van der Waals surface area (Å²) in [4.78, 5) is 21.9. The zero-order valence-electron chi connectivity index (χ0n) is 18.9. The van der Waals surface area contributed by atoms with Crippen LogP contribution in [0.1, 0.15) is 43.8 Å². The summed E-state index contributed by atoms with van der Waals surface area (Å²) in [5.41, 5.74) is 0.947. The lowest BCUT2D eigenvalue weighted by Gasteiger charge is -2.32. The largest absolute Gasteiger partial charge is 0.516 e. The number of methoxy groups -OCH3 is 1. The normalized spacial score (nSPS) is 16.8. The number of nitrogens with one attached hydrogen (secondary N) is 1. The van der Waals surface area contributed by atoms with E-state index in [-0.39, 0.29) is 11.7 Å². The van der Waals surface area contributed by atoms with Crippen LogP contribution in [0.15, 0.2) is 41.1 Å². The second-order valence-corrected chi connectivity index (χ2v) is 8.52. The fourth-order valence-corrected chi connectivity index (χ4v) is 3.29. The molecule has 3 heterocycles. The first-order valence-corrected chi connectivity index (χ1v) is 10.2. The van der Waals surface area contributed by atoms with Crippen LogP contribution in [-0.2, 0) is 9.31 Å². The Morgan fingerprint density at radius 1 is 1.09 bits per heavy atom. The maximum atomic E-state index is 13.1. The molecule has 1 saturated heterocycles. The molecule has 1 N–H and O–H groups in total. The number of aryl methyl sites for hydroxylation is 1. The van der Waals surface area contributed by atoms with E-state index in [4.69, 9.17) is 18.6 Å². The minimum absolute atomic E-state index is 0.140. The number of anilines is 1. The van der Waals surface area contributed by atoms with E-state index in [1.165, 1.54) is 13.3 Å². The van der Waals surface area contributed by atoms with Gasteiger partial charge in [-0.1, -0.05) is 35.5 Å². The fourth-order valence-electron chi connectivity index (χ4n) is 3.29. The van der Waals surface area contributed by atoms with Crippen molar-refractivity contribution in [2.45, 2.75) is 45.8 Å². The van der Waals surface area contributed by atoms with E-state index in [1.807, 2.05) is 58.0 Å². The highest BCUT2D eigenvalue weighted by atomic mass is 16.7. The monoisotopic (exact) mass is 436 g/mol. The highest BCUT2D eigenvalue weighted by molar-refractivity contribution is 6.61. The highest BCUT2D eigenvalue weighted by Crippen LogP contribution is 2.36. The summed E-state index contributed by atoms with van der Waals surface area (Å²) in [6, 6.07) is 9.33. The first kappa shape index (κ1) is 22.0. The minimum atomic E-state index is -0.698. The van der Waals surface area contributed by atoms with Crippen molar-refractivity contribution < 1.29 is 23.4 Å². The third kappa shape index (κ3) is 3.87. The van der Waals surface area contributed by atoms with Crippen molar-refractivity contribution in [3.05, 3.63) is 47.9 Å². The van der Waals surface area contributed by atoms with E-state index in [1.54, 1.807) is 6.92 Å². The van der Waals surface area contributed by atoms with E-state index < -0.39 is 24.2 Å². The molecule has 3 aromatic rings. The number of carbonyl (C=O) groups excluding carboxylic acids is 1. The van der Waals surface area contributed by atoms with Crippen molar-refractivity contribution in [3.63, 3.8) is 0 Å². The van der Waals surface area contributed by atoms with E-state index in [0.29, 0.717) is 22.6 Å². The molecule has 0 unspecified atom stereocenters. The molecule has 9 nitrogen and oxygen atoms in total. The van der Waals surface area contributed by atoms with Gasteiger partial charge < -0.3 is 23.9 Å². The number of nitrogens with zero attached hydrogens (tertiary/aromatic N) is 3. The standard InChI is InChI=1S/C22H25BN4O5/c1-13-16(17(27-30-13)14-10-8-7-9-11-14)19(28)26-18-20(29-6)25-15(12-24-18)23-31-21(2,3)22(4,5)32-23/h7-12H,1-6H3,(H,24,26,28). The number of aromatic nitrogens is 3. The van der Waals surface area contributed by atoms with Crippen molar-refractivity contribution in [1.29, 1.82) is 0 Å². The first-order chi connectivity index (χ1) is 15.1. The van der Waals surface area contributed by atoms with Crippen LogP contribution < -0.4 is 15.6 Å². The topological polar surface area (TPSA) is 109 Å². The third-order valence-electron chi connectivity index (χ3n) is 5.82. The summed E-state index contributed by atoms with van der Waals surface area (Å²) in [6.45, 7) is 9.50. The second-order valence-electron chi connectivity index (χ2n) is 8.52. The molecule has 1 amide bonds. The Balaban J connectivity index is 1.60. The molecule has 2 aromatic heterocycles. The average Bonchev–Trinajstić information content (AvgIpc) is 3.24. The lowest BCUT2D eigenvalue weighted by molar-refractivity contribution is 0.00578. The van der Waals surface area contributed by atoms with Crippen LogP contribution in [0, 0.1) is 6.92 Å². The van der Waals surface area contributed by atoms with Gasteiger partial charge in [0.1, 0.15) is 17.0 Å². The first-order valence-electron chi connectivity index (χ1n) is 10.2. The molecule has 32 heavy (non-hydrogen) atoms. The Labute approximate surface area is 186 Å². The van der Waals surface area contributed by atoms with Gasteiger partial charge in [-0.15, -0.1) is 0 Å². The quantitative estimate of drug-likeness (QED) is 0.609. The number of carbonyl (C=O) groups is 1. The van der Waals surface area contributed by atoms with Crippen LogP contribution in [0.2, 0.25) is 0 Å². The number of hydrogen-bond acceptors (Lipinski definition) is 8. The van der Waals surface area contributed by atoms with Crippen molar-refractivity contribution in [3.8, 4) is 17.1 Å². The van der Waals surface area contributed by atoms with Gasteiger partial charge in [0.25, 0.3) is 11.8 Å². The van der Waals surface area contributed by atoms with Crippen LogP contribution in [0.5, 0.6) is 5.88 Å². The Kier molecular flexibility index (Phi) is 5.52. The molecule has 1 aliphatic heterocycles. The summed E-state index contributed by atoms with van der Waals surface area (Å²) in [7, 11) is 0.754. The van der Waals surface area contributed by atoms with Crippen molar-refractivity contribution in [2.75, 3.05) is 12.4 Å². The average molecular weight is 436 g/mol. The maximum absolute atomic E-state index is 13.1. The van der Waals surface area contributed by atoms with E-state index in [0.717, 1.165) is 5.56 Å². The smallest absolute Gasteiger partial charge is 0.478 e. The zero-order valence-corrected chi connectivity index (χ0v) is 18.9. The Morgan fingerprint density at radius 3 is 2.38 bits per heavy atom. The van der Waals surface area contributed by atoms with E-state index >= 15 is 0 Å². The van der Waals surface area contributed by atoms with Crippen LogP contribution in [-0.4, -0.2) is 46.5 Å². The molecule has 1 aromatic carbocycles. The van der Waals surface area contributed by atoms with Gasteiger partial charge >= 0.3 is 7.12 Å². The number of rotatable bonds is 5. The molecule has 0 atom stereocenters. The van der Waals surface area contributed by atoms with E-state index in [2.05, 4.69) is 20.4 Å². The Bertz CT molecular complexity index is 1130. The number of amides is 1. The molecule has 166 valence electrons. The molecule has 0 spiro atoms. The van der Waals surface area contributed by atoms with Crippen LogP contribution in [0.25, 0.3) is 11.3 Å².